The second-order valence-electron chi connectivity index (χ2n) is 2.53. The molecule has 0 unspecified atom stereocenters. The number of ether oxygens (including phenoxy) is 1. The van der Waals surface area contributed by atoms with Gasteiger partial charge < -0.3 is 4.74 Å². The van der Waals surface area contributed by atoms with Gasteiger partial charge in [-0.25, -0.2) is 4.79 Å². The van der Waals surface area contributed by atoms with Gasteiger partial charge in [-0.3, -0.25) is 0 Å². The molecule has 0 aromatic rings. The molecule has 4 heteroatoms. The van der Waals surface area contributed by atoms with Gasteiger partial charge >= 0.3 is 5.97 Å². The van der Waals surface area contributed by atoms with Crippen LogP contribution in [0, 0.1) is 0 Å². The third-order valence-electron chi connectivity index (χ3n) is 1.53. The highest BCUT2D eigenvalue weighted by molar-refractivity contribution is 8.28. The van der Waals surface area contributed by atoms with Crippen molar-refractivity contribution in [3.63, 3.8) is 0 Å². The molecule has 2 nitrogen and oxygen atoms in total. The number of thioether (sulfide) groups is 2. The summed E-state index contributed by atoms with van der Waals surface area (Å²) in [6.07, 6.45) is 1.55. The molecular weight excluding hydrogens is 204 g/mol. The quantitative estimate of drug-likeness (QED) is 0.523. The molecule has 0 bridgehead atoms. The van der Waals surface area contributed by atoms with Crippen LogP contribution in [0.4, 0.5) is 0 Å². The molecule has 1 heterocycles. The second kappa shape index (κ2) is 4.77. The highest BCUT2D eigenvalue weighted by Crippen LogP contribution is 2.48. The topological polar surface area (TPSA) is 26.3 Å². The summed E-state index contributed by atoms with van der Waals surface area (Å²) >= 11 is 3.26. The van der Waals surface area contributed by atoms with Gasteiger partial charge in [-0.15, -0.1) is 0 Å². The molecule has 1 aliphatic heterocycles. The van der Waals surface area contributed by atoms with Crippen molar-refractivity contribution in [1.29, 1.82) is 0 Å². The number of allylic oxidation sites excluding steroid dienone is 2. The van der Waals surface area contributed by atoms with Crippen LogP contribution in [-0.4, -0.2) is 12.6 Å². The minimum Gasteiger partial charge on any atom is -0.463 e. The predicted octanol–water partition coefficient (Wildman–Crippen LogP) is 3.12. The summed E-state index contributed by atoms with van der Waals surface area (Å²) in [7, 11) is 0. The monoisotopic (exact) mass is 216 g/mol. The zero-order valence-corrected chi connectivity index (χ0v) is 9.55. The van der Waals surface area contributed by atoms with Gasteiger partial charge in [-0.2, -0.15) is 0 Å². The van der Waals surface area contributed by atoms with E-state index in [1.165, 1.54) is 9.81 Å². The Labute approximate surface area is 86.8 Å². The van der Waals surface area contributed by atoms with E-state index in [2.05, 4.69) is 13.8 Å². The first-order valence-electron chi connectivity index (χ1n) is 4.05. The molecule has 0 fully saturated rings. The summed E-state index contributed by atoms with van der Waals surface area (Å²) in [6.45, 7) is 6.35. The zero-order chi connectivity index (χ0) is 9.84. The highest BCUT2D eigenvalue weighted by atomic mass is 32.2. The number of carbonyl (C=O) groups is 1. The number of hydrogen-bond donors (Lipinski definition) is 0. The minimum atomic E-state index is -0.250. The van der Waals surface area contributed by atoms with Crippen molar-refractivity contribution in [1.82, 2.24) is 0 Å². The molecule has 0 spiro atoms. The summed E-state index contributed by atoms with van der Waals surface area (Å²) < 4.78 is 5.82. The van der Waals surface area contributed by atoms with E-state index in [9.17, 15) is 4.79 Å². The Morgan fingerprint density at radius 3 is 2.38 bits per heavy atom. The largest absolute Gasteiger partial charge is 0.463 e. The van der Waals surface area contributed by atoms with Crippen molar-refractivity contribution in [2.75, 3.05) is 6.61 Å². The van der Waals surface area contributed by atoms with Gasteiger partial charge in [0.05, 0.1) is 10.8 Å². The van der Waals surface area contributed by atoms with Crippen molar-refractivity contribution in [3.8, 4) is 0 Å². The molecule has 1 aliphatic rings. The van der Waals surface area contributed by atoms with Crippen LogP contribution in [0.1, 0.15) is 20.8 Å². The Balaban J connectivity index is 2.53. The van der Waals surface area contributed by atoms with Gasteiger partial charge in [-0.05, 0) is 30.6 Å². The Bertz CT molecular complexity index is 263. The number of carbonyl (C=O) groups excluding carboxylic acids is 1. The molecule has 0 saturated carbocycles. The highest BCUT2D eigenvalue weighted by Gasteiger charge is 2.15. The first kappa shape index (κ1) is 10.7. The zero-order valence-electron chi connectivity index (χ0n) is 7.92. The van der Waals surface area contributed by atoms with Crippen LogP contribution in [-0.2, 0) is 9.53 Å². The molecule has 0 atom stereocenters. The van der Waals surface area contributed by atoms with Crippen LogP contribution < -0.4 is 0 Å². The fraction of sp³-hybridized carbons (Fsp3) is 0.444. The van der Waals surface area contributed by atoms with E-state index in [0.29, 0.717) is 6.61 Å². The summed E-state index contributed by atoms with van der Waals surface area (Å²) in [6, 6.07) is 0. The maximum Gasteiger partial charge on any atom is 0.332 e. The van der Waals surface area contributed by atoms with E-state index >= 15 is 0 Å². The number of esters is 1. The lowest BCUT2D eigenvalue weighted by atomic mass is 10.6. The van der Waals surface area contributed by atoms with Crippen molar-refractivity contribution >= 4 is 29.5 Å². The second-order valence-corrected chi connectivity index (χ2v) is 5.30. The number of hydrogen-bond acceptors (Lipinski definition) is 4. The SMILES string of the molecule is CCOC(=O)C=C1SC(C)=C(C)S1. The Morgan fingerprint density at radius 1 is 1.38 bits per heavy atom. The van der Waals surface area contributed by atoms with Crippen LogP contribution in [0.25, 0.3) is 0 Å². The van der Waals surface area contributed by atoms with Gasteiger partial charge in [0.1, 0.15) is 0 Å². The fourth-order valence-electron chi connectivity index (χ4n) is 0.805. The van der Waals surface area contributed by atoms with E-state index in [1.807, 2.05) is 0 Å². The molecule has 72 valence electrons. The predicted molar refractivity (Wildman–Crippen MR) is 58.3 cm³/mol. The Kier molecular flexibility index (Phi) is 3.93. The summed E-state index contributed by atoms with van der Waals surface area (Å²) in [4.78, 5) is 13.6. The van der Waals surface area contributed by atoms with Crippen molar-refractivity contribution in [2.45, 2.75) is 20.8 Å². The van der Waals surface area contributed by atoms with Crippen molar-refractivity contribution < 1.29 is 9.53 Å². The fourth-order valence-corrected chi connectivity index (χ4v) is 3.17. The molecular formula is C9H12O2S2. The van der Waals surface area contributed by atoms with Gasteiger partial charge in [0.2, 0.25) is 0 Å². The first-order chi connectivity index (χ1) is 6.13. The maximum absolute atomic E-state index is 11.1. The van der Waals surface area contributed by atoms with E-state index in [4.69, 9.17) is 4.74 Å². The van der Waals surface area contributed by atoms with Crippen molar-refractivity contribution in [2.24, 2.45) is 0 Å². The standard InChI is InChI=1S/C9H12O2S2/c1-4-11-8(10)5-9-12-6(2)7(3)13-9/h5H,4H2,1-3H3. The third kappa shape index (κ3) is 3.12. The van der Waals surface area contributed by atoms with Crippen LogP contribution in [0.15, 0.2) is 20.1 Å². The molecule has 0 aromatic heterocycles. The molecule has 0 amide bonds. The van der Waals surface area contributed by atoms with Gasteiger partial charge in [0.15, 0.2) is 0 Å². The average molecular weight is 216 g/mol. The van der Waals surface area contributed by atoms with Crippen molar-refractivity contribution in [3.05, 3.63) is 20.1 Å². The van der Waals surface area contributed by atoms with E-state index < -0.39 is 0 Å². The summed E-state index contributed by atoms with van der Waals surface area (Å²) in [5, 5.41) is 0. The van der Waals surface area contributed by atoms with E-state index in [1.54, 1.807) is 36.5 Å². The molecule has 0 aromatic carbocycles. The Hall–Kier alpha value is -0.350. The normalized spacial score (nSPS) is 16.4. The Morgan fingerprint density at radius 2 is 1.92 bits per heavy atom. The summed E-state index contributed by atoms with van der Waals surface area (Å²) in [5.41, 5.74) is 0. The lowest BCUT2D eigenvalue weighted by Crippen LogP contribution is -1.99. The lowest BCUT2D eigenvalue weighted by molar-refractivity contribution is -0.137. The smallest absolute Gasteiger partial charge is 0.332 e. The summed E-state index contributed by atoms with van der Waals surface area (Å²) in [5.74, 6) is -0.250. The average Bonchev–Trinajstić information content (AvgIpc) is 2.31. The maximum atomic E-state index is 11.1. The molecule has 13 heavy (non-hydrogen) atoms. The molecule has 0 saturated heterocycles. The minimum absolute atomic E-state index is 0.250. The first-order valence-corrected chi connectivity index (χ1v) is 5.68. The van der Waals surface area contributed by atoms with Crippen LogP contribution >= 0.6 is 23.5 Å². The third-order valence-corrected chi connectivity index (χ3v) is 4.02. The van der Waals surface area contributed by atoms with Crippen LogP contribution in [0.2, 0.25) is 0 Å². The van der Waals surface area contributed by atoms with Gasteiger partial charge in [0.25, 0.3) is 0 Å². The van der Waals surface area contributed by atoms with Crippen LogP contribution in [0.3, 0.4) is 0 Å². The molecule has 0 aliphatic carbocycles. The van der Waals surface area contributed by atoms with Gasteiger partial charge in [0, 0.05) is 6.08 Å². The van der Waals surface area contributed by atoms with E-state index in [-0.39, 0.29) is 5.97 Å². The number of rotatable bonds is 2. The van der Waals surface area contributed by atoms with E-state index in [0.717, 1.165) is 4.24 Å². The molecule has 0 radical (unpaired) electrons. The lowest BCUT2D eigenvalue weighted by Gasteiger charge is -1.97. The van der Waals surface area contributed by atoms with Crippen LogP contribution in [0.5, 0.6) is 0 Å². The molecule has 0 N–H and O–H groups in total. The van der Waals surface area contributed by atoms with Gasteiger partial charge in [-0.1, -0.05) is 23.5 Å². The molecule has 1 rings (SSSR count).